The van der Waals surface area contributed by atoms with Gasteiger partial charge in [-0.1, -0.05) is 13.8 Å². The molecule has 4 aromatic heterocycles. The summed E-state index contributed by atoms with van der Waals surface area (Å²) in [5, 5.41) is 17.4. The SMILES string of the molecule is COc1ncc(-c2ccnc(N3CCn4c(cc5c4CC(C)(C)C5)C3=O)c2C(C)(C)O)cc1Nc1ccc(N2CCN(C3CCN(c4ccc5c(c4)C(=O)N(C4CCC(=O)NC4=O)C5=O)[C@@H](C)C3)C[C@@H]2C)cn1. The number of imide groups is 2. The maximum atomic E-state index is 14.2. The molecule has 1 aromatic carbocycles. The molecular formula is C55H63N11O7. The monoisotopic (exact) mass is 989 g/mol. The molecule has 1 aliphatic carbocycles. The van der Waals surface area contributed by atoms with Crippen LogP contribution < -0.4 is 30.1 Å². The number of hydrogen-bond acceptors (Lipinski definition) is 14. The minimum atomic E-state index is -1.36. The van der Waals surface area contributed by atoms with Crippen LogP contribution in [0.15, 0.2) is 67.1 Å². The number of carbonyl (C=O) groups excluding carboxylic acids is 5. The van der Waals surface area contributed by atoms with Crippen molar-refractivity contribution in [3.63, 3.8) is 0 Å². The third-order valence-corrected chi connectivity index (χ3v) is 15.9. The minimum absolute atomic E-state index is 0.0791. The molecule has 3 N–H and O–H groups in total. The molecule has 9 heterocycles. The highest BCUT2D eigenvalue weighted by Gasteiger charge is 2.46. The molecule has 5 aromatic rings. The van der Waals surface area contributed by atoms with Crippen LogP contribution in [0.4, 0.5) is 28.7 Å². The molecular weight excluding hydrogens is 927 g/mol. The molecule has 0 saturated carbocycles. The van der Waals surface area contributed by atoms with Gasteiger partial charge in [-0.2, -0.15) is 0 Å². The number of ether oxygens (including phenoxy) is 1. The van der Waals surface area contributed by atoms with E-state index < -0.39 is 35.3 Å². The molecule has 6 aliphatic rings. The smallest absolute Gasteiger partial charge is 0.276 e. The van der Waals surface area contributed by atoms with Crippen molar-refractivity contribution in [2.75, 3.05) is 59.9 Å². The lowest BCUT2D eigenvalue weighted by atomic mass is 9.89. The number of piperidine rings is 2. The zero-order valence-electron chi connectivity index (χ0n) is 42.6. The maximum Gasteiger partial charge on any atom is 0.276 e. The van der Waals surface area contributed by atoms with E-state index in [9.17, 15) is 29.1 Å². The van der Waals surface area contributed by atoms with Crippen molar-refractivity contribution in [1.82, 2.24) is 34.6 Å². The molecule has 5 aliphatic heterocycles. The molecule has 73 heavy (non-hydrogen) atoms. The molecule has 380 valence electrons. The van der Waals surface area contributed by atoms with Gasteiger partial charge in [-0.25, -0.2) is 15.0 Å². The lowest BCUT2D eigenvalue weighted by Gasteiger charge is -2.48. The van der Waals surface area contributed by atoms with Gasteiger partial charge in [0.15, 0.2) is 0 Å². The Labute approximate surface area is 424 Å². The minimum Gasteiger partial charge on any atom is -0.480 e. The second-order valence-electron chi connectivity index (χ2n) is 22.0. The number of aliphatic hydroxyl groups is 1. The van der Waals surface area contributed by atoms with E-state index in [1.807, 2.05) is 36.5 Å². The lowest BCUT2D eigenvalue weighted by molar-refractivity contribution is -0.136. The number of pyridine rings is 3. The third-order valence-electron chi connectivity index (χ3n) is 15.9. The van der Waals surface area contributed by atoms with Crippen molar-refractivity contribution in [2.24, 2.45) is 5.41 Å². The topological polar surface area (TPSA) is 199 Å². The average Bonchev–Trinajstić information content (AvgIpc) is 3.94. The highest BCUT2D eigenvalue weighted by molar-refractivity contribution is 6.23. The Morgan fingerprint density at radius 2 is 1.58 bits per heavy atom. The molecule has 3 saturated heterocycles. The fraction of sp³-hybridized carbons (Fsp3) is 0.455. The quantitative estimate of drug-likeness (QED) is 0.136. The van der Waals surface area contributed by atoms with E-state index in [-0.39, 0.29) is 41.8 Å². The molecule has 18 nitrogen and oxygen atoms in total. The first-order valence-corrected chi connectivity index (χ1v) is 25.5. The zero-order valence-corrected chi connectivity index (χ0v) is 42.6. The van der Waals surface area contributed by atoms with Crippen LogP contribution in [0.2, 0.25) is 0 Å². The van der Waals surface area contributed by atoms with Crippen LogP contribution in [0.3, 0.4) is 0 Å². The average molecular weight is 990 g/mol. The number of aromatic nitrogens is 4. The van der Waals surface area contributed by atoms with E-state index in [0.717, 1.165) is 68.1 Å². The highest BCUT2D eigenvalue weighted by Crippen LogP contribution is 2.43. The third kappa shape index (κ3) is 8.56. The van der Waals surface area contributed by atoms with Crippen LogP contribution in [0.25, 0.3) is 11.1 Å². The van der Waals surface area contributed by atoms with Gasteiger partial charge in [0.2, 0.25) is 17.7 Å². The molecule has 5 amide bonds. The summed E-state index contributed by atoms with van der Waals surface area (Å²) >= 11 is 0. The second kappa shape index (κ2) is 18.1. The van der Waals surface area contributed by atoms with E-state index in [0.29, 0.717) is 70.3 Å². The number of nitrogens with zero attached hydrogens (tertiary/aromatic N) is 9. The number of hydrogen-bond donors (Lipinski definition) is 3. The van der Waals surface area contributed by atoms with Gasteiger partial charge in [-0.05, 0) is 125 Å². The Balaban J connectivity index is 0.739. The number of amides is 5. The summed E-state index contributed by atoms with van der Waals surface area (Å²) in [5.74, 6) is -0.728. The van der Waals surface area contributed by atoms with Gasteiger partial charge in [-0.3, -0.25) is 44.0 Å². The molecule has 4 atom stereocenters. The van der Waals surface area contributed by atoms with Gasteiger partial charge in [0.05, 0.1) is 35.7 Å². The van der Waals surface area contributed by atoms with Gasteiger partial charge in [-0.15, -0.1) is 0 Å². The van der Waals surface area contributed by atoms with Gasteiger partial charge >= 0.3 is 0 Å². The largest absolute Gasteiger partial charge is 0.480 e. The van der Waals surface area contributed by atoms with Crippen molar-refractivity contribution in [1.29, 1.82) is 0 Å². The molecule has 0 spiro atoms. The molecule has 3 fully saturated rings. The summed E-state index contributed by atoms with van der Waals surface area (Å²) in [7, 11) is 1.57. The summed E-state index contributed by atoms with van der Waals surface area (Å²) in [4.78, 5) is 89.7. The standard InChI is InChI=1S/C55H63N11O7/c1-31-22-35(15-17-62(31)36-8-10-39-40(25-36)52(70)66(51(39)69)42-11-13-46(67)60-49(42)68)61-18-19-63(32(2)30-61)37-9-12-45(57-29-37)59-41-23-34(28-58-50(41)73-7)38-14-16-56-48(47(38)55(5,6)72)65-21-20-64-43(53(65)71)24-33-26-54(3,4)27-44(33)64/h8-10,12,14,16,23-25,28-29,31-32,35,42,72H,11,13,15,17-22,26-27,30H2,1-7H3,(H,57,59)(H,60,67,68)/t31-,32-,35?,42?/m0/s1. The van der Waals surface area contributed by atoms with Gasteiger partial charge < -0.3 is 29.5 Å². The predicted octanol–water partition coefficient (Wildman–Crippen LogP) is 6.07. The van der Waals surface area contributed by atoms with Crippen molar-refractivity contribution in [3.8, 4) is 17.0 Å². The number of anilines is 5. The van der Waals surface area contributed by atoms with Gasteiger partial charge in [0.1, 0.15) is 29.1 Å². The molecule has 11 rings (SSSR count). The first-order chi connectivity index (χ1) is 34.9. The maximum absolute atomic E-state index is 14.2. The summed E-state index contributed by atoms with van der Waals surface area (Å²) in [6, 6.07) is 15.0. The van der Waals surface area contributed by atoms with E-state index in [2.05, 4.69) is 68.6 Å². The van der Waals surface area contributed by atoms with Gasteiger partial charge in [0.25, 0.3) is 17.7 Å². The van der Waals surface area contributed by atoms with Crippen molar-refractivity contribution < 1.29 is 33.8 Å². The number of rotatable bonds is 10. The number of carbonyl (C=O) groups is 5. The predicted molar refractivity (Wildman–Crippen MR) is 275 cm³/mol. The first-order valence-electron chi connectivity index (χ1n) is 25.5. The lowest BCUT2D eigenvalue weighted by Crippen LogP contribution is -2.58. The second-order valence-corrected chi connectivity index (χ2v) is 22.0. The van der Waals surface area contributed by atoms with E-state index >= 15 is 0 Å². The Morgan fingerprint density at radius 1 is 0.795 bits per heavy atom. The van der Waals surface area contributed by atoms with Crippen LogP contribution in [-0.2, 0) is 34.6 Å². The Hall–Kier alpha value is -7.18. The highest BCUT2D eigenvalue weighted by atomic mass is 16.5. The van der Waals surface area contributed by atoms with Crippen LogP contribution in [-0.4, -0.2) is 128 Å². The molecule has 2 unspecified atom stereocenters. The Kier molecular flexibility index (Phi) is 11.9. The van der Waals surface area contributed by atoms with Crippen molar-refractivity contribution in [2.45, 2.75) is 116 Å². The van der Waals surface area contributed by atoms with Crippen LogP contribution in [0, 0.1) is 5.41 Å². The van der Waals surface area contributed by atoms with Crippen molar-refractivity contribution >= 4 is 58.2 Å². The summed E-state index contributed by atoms with van der Waals surface area (Å²) in [5.41, 5.74) is 6.96. The summed E-state index contributed by atoms with van der Waals surface area (Å²) in [6.07, 6.45) is 9.24. The van der Waals surface area contributed by atoms with E-state index in [4.69, 9.17) is 14.7 Å². The Bertz CT molecular complexity index is 3090. The van der Waals surface area contributed by atoms with Crippen LogP contribution in [0.5, 0.6) is 5.88 Å². The number of benzene rings is 1. The zero-order chi connectivity index (χ0) is 51.2. The summed E-state index contributed by atoms with van der Waals surface area (Å²) < 4.78 is 7.89. The van der Waals surface area contributed by atoms with Gasteiger partial charge in [0, 0.05) is 98.7 Å². The fourth-order valence-corrected chi connectivity index (χ4v) is 12.4. The molecule has 18 heteroatoms. The van der Waals surface area contributed by atoms with Crippen molar-refractivity contribution in [3.05, 3.63) is 101 Å². The fourth-order valence-electron chi connectivity index (χ4n) is 12.4. The summed E-state index contributed by atoms with van der Waals surface area (Å²) in [6.45, 7) is 16.9. The molecule has 0 radical (unpaired) electrons. The number of piperazine rings is 1. The molecule has 0 bridgehead atoms. The van der Waals surface area contributed by atoms with E-state index in [1.54, 1.807) is 50.4 Å². The van der Waals surface area contributed by atoms with E-state index in [1.165, 1.54) is 11.3 Å². The number of nitrogens with one attached hydrogen (secondary N) is 2. The van der Waals surface area contributed by atoms with Crippen LogP contribution >= 0.6 is 0 Å². The number of methoxy groups -OCH3 is 1. The Morgan fingerprint density at radius 3 is 2.30 bits per heavy atom. The number of fused-ring (bicyclic) bond motifs is 4. The normalized spacial score (nSPS) is 23.2. The first kappa shape index (κ1) is 48.1. The van der Waals surface area contributed by atoms with Crippen LogP contribution in [0.1, 0.15) is 115 Å².